The average Bonchev–Trinajstić information content (AvgIpc) is 2.45. The average molecular weight is 273 g/mol. The summed E-state index contributed by atoms with van der Waals surface area (Å²) >= 11 is 0. The Bertz CT molecular complexity index is 613. The molecule has 0 aliphatic carbocycles. The highest BCUT2D eigenvalue weighted by Crippen LogP contribution is 2.15. The van der Waals surface area contributed by atoms with Crippen LogP contribution in [-0.4, -0.2) is 11.1 Å². The van der Waals surface area contributed by atoms with E-state index in [-0.39, 0.29) is 17.4 Å². The van der Waals surface area contributed by atoms with Gasteiger partial charge in [0.1, 0.15) is 5.82 Å². The molecule has 0 aliphatic heterocycles. The van der Waals surface area contributed by atoms with E-state index in [4.69, 9.17) is 5.11 Å². The van der Waals surface area contributed by atoms with E-state index in [0.717, 1.165) is 5.56 Å². The first-order chi connectivity index (χ1) is 9.58. The van der Waals surface area contributed by atoms with Crippen molar-refractivity contribution >= 4 is 5.97 Å². The van der Waals surface area contributed by atoms with E-state index in [1.54, 1.807) is 30.3 Å². The molecular weight excluding hydrogens is 257 g/mol. The fourth-order valence-corrected chi connectivity index (χ4v) is 2.04. The van der Waals surface area contributed by atoms with Crippen molar-refractivity contribution in [2.75, 3.05) is 0 Å². The van der Waals surface area contributed by atoms with Gasteiger partial charge in [0.05, 0.1) is 5.56 Å². The quantitative estimate of drug-likeness (QED) is 0.878. The number of nitrogens with one attached hydrogen (secondary N) is 1. The van der Waals surface area contributed by atoms with Crippen molar-refractivity contribution in [1.82, 2.24) is 5.32 Å². The molecule has 0 unspecified atom stereocenters. The van der Waals surface area contributed by atoms with Gasteiger partial charge in [-0.15, -0.1) is 0 Å². The van der Waals surface area contributed by atoms with Gasteiger partial charge in [0.15, 0.2) is 0 Å². The molecule has 0 spiro atoms. The smallest absolute Gasteiger partial charge is 0.336 e. The molecule has 0 amide bonds. The number of carboxylic acids is 1. The predicted molar refractivity (Wildman–Crippen MR) is 75.1 cm³/mol. The molecule has 0 fully saturated rings. The van der Waals surface area contributed by atoms with E-state index < -0.39 is 5.97 Å². The maximum Gasteiger partial charge on any atom is 0.336 e. The van der Waals surface area contributed by atoms with Crippen LogP contribution in [-0.2, 0) is 6.54 Å². The van der Waals surface area contributed by atoms with Crippen LogP contribution in [0.1, 0.15) is 34.5 Å². The van der Waals surface area contributed by atoms with Crippen molar-refractivity contribution in [3.63, 3.8) is 0 Å². The highest BCUT2D eigenvalue weighted by atomic mass is 19.1. The van der Waals surface area contributed by atoms with Gasteiger partial charge in [0.2, 0.25) is 0 Å². The minimum absolute atomic E-state index is 0.0625. The Morgan fingerprint density at radius 1 is 1.25 bits per heavy atom. The zero-order valence-electron chi connectivity index (χ0n) is 11.1. The Labute approximate surface area is 117 Å². The number of aromatic carboxylic acids is 1. The maximum atomic E-state index is 13.2. The second-order valence-electron chi connectivity index (χ2n) is 4.62. The van der Waals surface area contributed by atoms with Crippen LogP contribution in [0.25, 0.3) is 0 Å². The Morgan fingerprint density at radius 3 is 2.70 bits per heavy atom. The van der Waals surface area contributed by atoms with Gasteiger partial charge in [0, 0.05) is 12.6 Å². The third kappa shape index (κ3) is 3.42. The fraction of sp³-hybridized carbons (Fsp3) is 0.188. The fourth-order valence-electron chi connectivity index (χ4n) is 2.04. The van der Waals surface area contributed by atoms with Crippen LogP contribution >= 0.6 is 0 Å². The van der Waals surface area contributed by atoms with Crippen molar-refractivity contribution in [2.24, 2.45) is 0 Å². The highest BCUT2D eigenvalue weighted by molar-refractivity contribution is 5.89. The molecule has 1 atom stereocenters. The van der Waals surface area contributed by atoms with Gasteiger partial charge in [-0.05, 0) is 36.2 Å². The van der Waals surface area contributed by atoms with Crippen LogP contribution in [0.5, 0.6) is 0 Å². The van der Waals surface area contributed by atoms with E-state index in [0.29, 0.717) is 12.1 Å². The van der Waals surface area contributed by atoms with Crippen LogP contribution in [0.3, 0.4) is 0 Å². The SMILES string of the molecule is C[C@H](NCc1ccccc1C(=O)O)c1cccc(F)c1. The van der Waals surface area contributed by atoms with Gasteiger partial charge in [-0.25, -0.2) is 9.18 Å². The largest absolute Gasteiger partial charge is 0.478 e. The molecule has 2 N–H and O–H groups in total. The van der Waals surface area contributed by atoms with Gasteiger partial charge < -0.3 is 10.4 Å². The minimum Gasteiger partial charge on any atom is -0.478 e. The summed E-state index contributed by atoms with van der Waals surface area (Å²) in [6, 6.07) is 13.2. The number of carbonyl (C=O) groups is 1. The summed E-state index contributed by atoms with van der Waals surface area (Å²) in [6.07, 6.45) is 0. The lowest BCUT2D eigenvalue weighted by Crippen LogP contribution is -2.19. The van der Waals surface area contributed by atoms with Crippen molar-refractivity contribution < 1.29 is 14.3 Å². The Kier molecular flexibility index (Phi) is 4.48. The minimum atomic E-state index is -0.944. The van der Waals surface area contributed by atoms with Crippen LogP contribution in [0.2, 0.25) is 0 Å². The Morgan fingerprint density at radius 2 is 2.00 bits per heavy atom. The first-order valence-corrected chi connectivity index (χ1v) is 6.38. The number of halogens is 1. The van der Waals surface area contributed by atoms with Crippen LogP contribution in [0.4, 0.5) is 4.39 Å². The molecule has 2 rings (SSSR count). The second kappa shape index (κ2) is 6.30. The molecule has 0 aromatic heterocycles. The molecule has 4 heteroatoms. The Hall–Kier alpha value is -2.20. The van der Waals surface area contributed by atoms with Gasteiger partial charge in [0.25, 0.3) is 0 Å². The normalized spacial score (nSPS) is 12.1. The lowest BCUT2D eigenvalue weighted by molar-refractivity contribution is 0.0695. The third-order valence-corrected chi connectivity index (χ3v) is 3.20. The van der Waals surface area contributed by atoms with Gasteiger partial charge in [-0.2, -0.15) is 0 Å². The zero-order chi connectivity index (χ0) is 14.5. The highest BCUT2D eigenvalue weighted by Gasteiger charge is 2.11. The van der Waals surface area contributed by atoms with Gasteiger partial charge >= 0.3 is 5.97 Å². The summed E-state index contributed by atoms with van der Waals surface area (Å²) in [5, 5.41) is 12.3. The predicted octanol–water partition coefficient (Wildman–Crippen LogP) is 3.37. The summed E-state index contributed by atoms with van der Waals surface area (Å²) in [4.78, 5) is 11.1. The topological polar surface area (TPSA) is 49.3 Å². The molecule has 0 radical (unpaired) electrons. The number of rotatable bonds is 5. The molecule has 0 bridgehead atoms. The zero-order valence-corrected chi connectivity index (χ0v) is 11.1. The van der Waals surface area contributed by atoms with E-state index in [1.807, 2.05) is 13.0 Å². The molecular formula is C16H16FNO2. The summed E-state index contributed by atoms with van der Waals surface area (Å²) in [7, 11) is 0. The van der Waals surface area contributed by atoms with E-state index >= 15 is 0 Å². The van der Waals surface area contributed by atoms with Crippen molar-refractivity contribution in [2.45, 2.75) is 19.5 Å². The summed E-state index contributed by atoms with van der Waals surface area (Å²) in [5.74, 6) is -1.22. The lowest BCUT2D eigenvalue weighted by Gasteiger charge is -2.15. The van der Waals surface area contributed by atoms with Crippen molar-refractivity contribution in [1.29, 1.82) is 0 Å². The number of hydrogen-bond acceptors (Lipinski definition) is 2. The molecule has 2 aromatic rings. The molecule has 104 valence electrons. The standard InChI is InChI=1S/C16H16FNO2/c1-11(12-6-4-7-14(17)9-12)18-10-13-5-2-3-8-15(13)16(19)20/h2-9,11,18H,10H2,1H3,(H,19,20)/t11-/m0/s1. The van der Waals surface area contributed by atoms with Gasteiger partial charge in [-0.3, -0.25) is 0 Å². The Balaban J connectivity index is 2.07. The molecule has 0 saturated heterocycles. The molecule has 2 aromatic carbocycles. The van der Waals surface area contributed by atoms with E-state index in [1.165, 1.54) is 12.1 Å². The summed E-state index contributed by atoms with van der Waals surface area (Å²) in [6.45, 7) is 2.33. The summed E-state index contributed by atoms with van der Waals surface area (Å²) in [5.41, 5.74) is 1.83. The molecule has 0 heterocycles. The van der Waals surface area contributed by atoms with Crippen molar-refractivity contribution in [3.05, 3.63) is 71.0 Å². The van der Waals surface area contributed by atoms with Crippen molar-refractivity contribution in [3.8, 4) is 0 Å². The third-order valence-electron chi connectivity index (χ3n) is 3.20. The van der Waals surface area contributed by atoms with Crippen LogP contribution in [0.15, 0.2) is 48.5 Å². The van der Waals surface area contributed by atoms with Crippen LogP contribution in [0, 0.1) is 5.82 Å². The summed E-state index contributed by atoms with van der Waals surface area (Å²) < 4.78 is 13.2. The number of benzene rings is 2. The van der Waals surface area contributed by atoms with Crippen LogP contribution < -0.4 is 5.32 Å². The number of carboxylic acid groups (broad SMARTS) is 1. The molecule has 0 saturated carbocycles. The maximum absolute atomic E-state index is 13.2. The molecule has 20 heavy (non-hydrogen) atoms. The number of hydrogen-bond donors (Lipinski definition) is 2. The first kappa shape index (κ1) is 14.2. The second-order valence-corrected chi connectivity index (χ2v) is 4.62. The monoisotopic (exact) mass is 273 g/mol. The molecule has 0 aliphatic rings. The first-order valence-electron chi connectivity index (χ1n) is 6.38. The molecule has 3 nitrogen and oxygen atoms in total. The van der Waals surface area contributed by atoms with E-state index in [9.17, 15) is 9.18 Å². The van der Waals surface area contributed by atoms with Gasteiger partial charge in [-0.1, -0.05) is 30.3 Å². The lowest BCUT2D eigenvalue weighted by atomic mass is 10.1. The van der Waals surface area contributed by atoms with E-state index in [2.05, 4.69) is 5.32 Å².